The average Bonchev–Trinajstić information content (AvgIpc) is 1.83. The van der Waals surface area contributed by atoms with Crippen LogP contribution in [0.3, 0.4) is 0 Å². The van der Waals surface area contributed by atoms with Crippen molar-refractivity contribution in [2.24, 2.45) is 0 Å². The van der Waals surface area contributed by atoms with Crippen molar-refractivity contribution in [2.75, 3.05) is 12.9 Å². The molecule has 0 saturated carbocycles. The summed E-state index contributed by atoms with van der Waals surface area (Å²) in [6, 6.07) is 0. The third-order valence-corrected chi connectivity index (χ3v) is 1.86. The lowest BCUT2D eigenvalue weighted by Gasteiger charge is -2.06. The van der Waals surface area contributed by atoms with Crippen molar-refractivity contribution in [3.05, 3.63) is 0 Å². The van der Waals surface area contributed by atoms with Crippen LogP contribution in [0.25, 0.3) is 0 Å². The van der Waals surface area contributed by atoms with Crippen molar-refractivity contribution in [3.63, 3.8) is 0 Å². The summed E-state index contributed by atoms with van der Waals surface area (Å²) in [6.45, 7) is 3.97. The molecule has 0 spiro atoms. The van der Waals surface area contributed by atoms with Gasteiger partial charge >= 0.3 is 5.97 Å². The highest BCUT2D eigenvalue weighted by Crippen LogP contribution is 2.04. The van der Waals surface area contributed by atoms with Crippen LogP contribution >= 0.6 is 11.8 Å². The molecule has 2 nitrogen and oxygen atoms in total. The Morgan fingerprint density at radius 2 is 2.33 bits per heavy atom. The monoisotopic (exact) mass is 148 g/mol. The minimum Gasteiger partial charge on any atom is -0.465 e. The Balaban J connectivity index is 3.16. The van der Waals surface area contributed by atoms with E-state index in [1.54, 1.807) is 11.8 Å². The lowest BCUT2D eigenvalue weighted by Crippen LogP contribution is -2.09. The molecule has 0 aromatic heterocycles. The molecule has 0 radical (unpaired) electrons. The smallest absolute Gasteiger partial charge is 0.302 e. The summed E-state index contributed by atoms with van der Waals surface area (Å²) in [6.07, 6.45) is 1.99. The van der Waals surface area contributed by atoms with E-state index in [0.717, 1.165) is 0 Å². The van der Waals surface area contributed by atoms with Gasteiger partial charge in [-0.2, -0.15) is 11.8 Å². The van der Waals surface area contributed by atoms with Gasteiger partial charge in [0.25, 0.3) is 0 Å². The Morgan fingerprint density at radius 1 is 1.78 bits per heavy atom. The number of hydrogen-bond acceptors (Lipinski definition) is 3. The second-order valence-corrected chi connectivity index (χ2v) is 3.13. The van der Waals surface area contributed by atoms with Gasteiger partial charge in [0.1, 0.15) is 6.61 Å². The Hall–Kier alpha value is -0.180. The van der Waals surface area contributed by atoms with Gasteiger partial charge in [-0.05, 0) is 6.26 Å². The van der Waals surface area contributed by atoms with Crippen molar-refractivity contribution in [3.8, 4) is 0 Å². The van der Waals surface area contributed by atoms with Gasteiger partial charge in [0.15, 0.2) is 0 Å². The second kappa shape index (κ2) is 4.68. The van der Waals surface area contributed by atoms with Gasteiger partial charge in [0, 0.05) is 12.2 Å². The Kier molecular flexibility index (Phi) is 4.58. The van der Waals surface area contributed by atoms with Crippen molar-refractivity contribution in [1.29, 1.82) is 0 Å². The van der Waals surface area contributed by atoms with E-state index in [1.165, 1.54) is 6.92 Å². The van der Waals surface area contributed by atoms with Gasteiger partial charge in [-0.3, -0.25) is 4.79 Å². The van der Waals surface area contributed by atoms with E-state index in [2.05, 4.69) is 0 Å². The predicted octanol–water partition coefficient (Wildman–Crippen LogP) is 1.30. The number of rotatable bonds is 3. The van der Waals surface area contributed by atoms with Crippen LogP contribution in [-0.2, 0) is 9.53 Å². The van der Waals surface area contributed by atoms with Crippen LogP contribution in [-0.4, -0.2) is 24.1 Å². The van der Waals surface area contributed by atoms with Crippen LogP contribution in [0.5, 0.6) is 0 Å². The molecule has 0 aliphatic heterocycles. The molecule has 9 heavy (non-hydrogen) atoms. The Labute approximate surface area is 60.0 Å². The molecule has 0 aliphatic carbocycles. The lowest BCUT2D eigenvalue weighted by molar-refractivity contribution is -0.140. The summed E-state index contributed by atoms with van der Waals surface area (Å²) in [4.78, 5) is 10.2. The molecule has 0 bridgehead atoms. The minimum absolute atomic E-state index is 0.198. The first-order valence-electron chi connectivity index (χ1n) is 2.83. The van der Waals surface area contributed by atoms with Gasteiger partial charge in [0.05, 0.1) is 0 Å². The van der Waals surface area contributed by atoms with E-state index >= 15 is 0 Å². The molecule has 0 N–H and O–H groups in total. The molecule has 0 saturated heterocycles. The van der Waals surface area contributed by atoms with Crippen LogP contribution in [0.4, 0.5) is 0 Å². The molecule has 0 aliphatic rings. The summed E-state index contributed by atoms with van der Waals surface area (Å²) >= 11 is 1.69. The zero-order chi connectivity index (χ0) is 7.28. The maximum atomic E-state index is 10.2. The Bertz CT molecular complexity index is 93.1. The summed E-state index contributed by atoms with van der Waals surface area (Å²) in [7, 11) is 0. The molecule has 0 aromatic carbocycles. The summed E-state index contributed by atoms with van der Waals surface area (Å²) in [5.41, 5.74) is 0. The quantitative estimate of drug-likeness (QED) is 0.564. The fourth-order valence-corrected chi connectivity index (χ4v) is 0.507. The normalized spacial score (nSPS) is 12.8. The number of esters is 1. The van der Waals surface area contributed by atoms with Gasteiger partial charge in [-0.1, -0.05) is 6.92 Å². The van der Waals surface area contributed by atoms with Crippen LogP contribution in [0, 0.1) is 0 Å². The first-order valence-corrected chi connectivity index (χ1v) is 4.11. The van der Waals surface area contributed by atoms with E-state index < -0.39 is 0 Å². The van der Waals surface area contributed by atoms with E-state index in [0.29, 0.717) is 11.9 Å². The zero-order valence-electron chi connectivity index (χ0n) is 6.01. The fraction of sp³-hybridized carbons (Fsp3) is 0.833. The van der Waals surface area contributed by atoms with Crippen molar-refractivity contribution >= 4 is 17.7 Å². The Morgan fingerprint density at radius 3 is 2.67 bits per heavy atom. The maximum Gasteiger partial charge on any atom is 0.302 e. The topological polar surface area (TPSA) is 26.3 Å². The van der Waals surface area contributed by atoms with E-state index in [-0.39, 0.29) is 5.97 Å². The first-order chi connectivity index (χ1) is 4.16. The highest BCUT2D eigenvalue weighted by atomic mass is 32.2. The largest absolute Gasteiger partial charge is 0.465 e. The minimum atomic E-state index is -0.198. The van der Waals surface area contributed by atoms with E-state index in [9.17, 15) is 4.79 Å². The van der Waals surface area contributed by atoms with Crippen LogP contribution in [0.2, 0.25) is 0 Å². The molecule has 1 atom stereocenters. The summed E-state index contributed by atoms with van der Waals surface area (Å²) in [5, 5.41) is 0.411. The van der Waals surface area contributed by atoms with Crippen molar-refractivity contribution in [1.82, 2.24) is 0 Å². The highest BCUT2D eigenvalue weighted by Gasteiger charge is 1.99. The molecule has 3 heteroatoms. The number of ether oxygens (including phenoxy) is 1. The fourth-order valence-electron chi connectivity index (χ4n) is 0.303. The van der Waals surface area contributed by atoms with E-state index in [4.69, 9.17) is 4.74 Å². The molecular weight excluding hydrogens is 136 g/mol. The van der Waals surface area contributed by atoms with Crippen LogP contribution in [0.15, 0.2) is 0 Å². The third-order valence-electron chi connectivity index (χ3n) is 0.924. The molecular formula is C6H12O2S. The number of carbonyl (C=O) groups excluding carboxylic acids is 1. The average molecular weight is 148 g/mol. The summed E-state index contributed by atoms with van der Waals surface area (Å²) in [5.74, 6) is -0.198. The standard InChI is InChI=1S/C6H12O2S/c1-5(9-3)4-8-6(2)7/h5H,4H2,1-3H3. The molecule has 0 heterocycles. The van der Waals surface area contributed by atoms with Crippen LogP contribution < -0.4 is 0 Å². The molecule has 54 valence electrons. The summed E-state index contributed by atoms with van der Waals surface area (Å²) < 4.78 is 4.73. The van der Waals surface area contributed by atoms with Gasteiger partial charge in [-0.25, -0.2) is 0 Å². The van der Waals surface area contributed by atoms with Crippen LogP contribution in [0.1, 0.15) is 13.8 Å². The number of carbonyl (C=O) groups is 1. The van der Waals surface area contributed by atoms with E-state index in [1.807, 2.05) is 13.2 Å². The first kappa shape index (κ1) is 8.82. The third kappa shape index (κ3) is 5.69. The number of thioether (sulfide) groups is 1. The predicted molar refractivity (Wildman–Crippen MR) is 39.6 cm³/mol. The van der Waals surface area contributed by atoms with Crippen molar-refractivity contribution < 1.29 is 9.53 Å². The molecule has 0 amide bonds. The molecule has 1 unspecified atom stereocenters. The van der Waals surface area contributed by atoms with Gasteiger partial charge < -0.3 is 4.74 Å². The lowest BCUT2D eigenvalue weighted by atomic mass is 10.5. The second-order valence-electron chi connectivity index (χ2n) is 1.85. The molecule has 0 rings (SSSR count). The van der Waals surface area contributed by atoms with Crippen molar-refractivity contribution in [2.45, 2.75) is 19.1 Å². The number of hydrogen-bond donors (Lipinski definition) is 0. The SMILES string of the molecule is CSC(C)COC(C)=O. The zero-order valence-corrected chi connectivity index (χ0v) is 6.83. The van der Waals surface area contributed by atoms with Gasteiger partial charge in [-0.15, -0.1) is 0 Å². The molecule has 0 fully saturated rings. The highest BCUT2D eigenvalue weighted by molar-refractivity contribution is 7.99. The van der Waals surface area contributed by atoms with Gasteiger partial charge in [0.2, 0.25) is 0 Å². The maximum absolute atomic E-state index is 10.2. The molecule has 0 aromatic rings.